The van der Waals surface area contributed by atoms with Crippen molar-refractivity contribution in [3.8, 4) is 16.9 Å². The number of aromatic nitrogens is 4. The van der Waals surface area contributed by atoms with Crippen LogP contribution >= 0.6 is 11.6 Å². The summed E-state index contributed by atoms with van der Waals surface area (Å²) < 4.78 is 43.0. The Hall–Kier alpha value is -4.39. The van der Waals surface area contributed by atoms with Crippen LogP contribution in [0.15, 0.2) is 35.5 Å². The number of aryl methyl sites for hydroxylation is 1. The Morgan fingerprint density at radius 1 is 1.23 bits per heavy atom. The third-order valence-corrected chi connectivity index (χ3v) is 5.34. The molecule has 4 rings (SSSR count). The molecule has 3 heterocycles. The molecular weight excluding hydrogens is 493 g/mol. The van der Waals surface area contributed by atoms with Gasteiger partial charge in [0.1, 0.15) is 17.9 Å². The number of amides is 2. The number of nitrogens with zero attached hydrogens (tertiary/aromatic N) is 4. The number of aromatic hydroxyl groups is 1. The molecule has 2 amide bonds. The smallest absolute Gasteiger partial charge is 0.263 e. The average Bonchev–Trinajstić information content (AvgIpc) is 3.14. The van der Waals surface area contributed by atoms with Crippen LogP contribution in [0.25, 0.3) is 22.2 Å². The summed E-state index contributed by atoms with van der Waals surface area (Å²) in [7, 11) is 1.44. The van der Waals surface area contributed by atoms with Crippen LogP contribution in [0, 0.1) is 17.7 Å². The molecule has 180 valence electrons. The van der Waals surface area contributed by atoms with Gasteiger partial charge in [-0.15, -0.1) is 0 Å². The number of anilines is 1. The highest BCUT2D eigenvalue weighted by molar-refractivity contribution is 6.33. The normalized spacial score (nSPS) is 11.1. The first-order valence-electron chi connectivity index (χ1n) is 9.66. The quantitative estimate of drug-likeness (QED) is 0.354. The van der Waals surface area contributed by atoms with Gasteiger partial charge in [0.2, 0.25) is 17.7 Å². The minimum absolute atomic E-state index is 0.0344. The van der Waals surface area contributed by atoms with Crippen LogP contribution in [0.3, 0.4) is 0 Å². The van der Waals surface area contributed by atoms with E-state index in [4.69, 9.17) is 17.3 Å². The number of fused-ring (bicyclic) bond motifs is 1. The summed E-state index contributed by atoms with van der Waals surface area (Å²) in [5, 5.41) is 11.9. The van der Waals surface area contributed by atoms with Crippen molar-refractivity contribution >= 4 is 40.1 Å². The van der Waals surface area contributed by atoms with E-state index in [9.17, 15) is 32.7 Å². The predicted octanol–water partition coefficient (Wildman–Crippen LogP) is 2.31. The highest BCUT2D eigenvalue weighted by atomic mass is 35.5. The molecule has 0 aliphatic heterocycles. The maximum Gasteiger partial charge on any atom is 0.263 e. The molecule has 14 heteroatoms. The van der Waals surface area contributed by atoms with Crippen LogP contribution in [-0.2, 0) is 18.4 Å². The molecule has 4 aromatic rings. The van der Waals surface area contributed by atoms with Crippen molar-refractivity contribution in [3.63, 3.8) is 0 Å². The standard InChI is InChI=1S/C21H14ClF3N6O4/c1-30-7-27-20-15(21(30)35)10(8-2-9(19(26)34)17(33)11(22)3-8)5-31(20)6-14(32)28-12-4-13(23)29-18(25)16(12)24/h2-5,7,33H,6H2,1H3,(H2,26,34)(H,28,29,32). The third-order valence-electron chi connectivity index (χ3n) is 5.05. The third kappa shape index (κ3) is 4.28. The summed E-state index contributed by atoms with van der Waals surface area (Å²) in [4.78, 5) is 44.0. The van der Waals surface area contributed by atoms with Crippen molar-refractivity contribution in [2.24, 2.45) is 12.8 Å². The summed E-state index contributed by atoms with van der Waals surface area (Å²) in [5.41, 5.74) is 4.15. The molecular formula is C21H14ClF3N6O4. The van der Waals surface area contributed by atoms with Gasteiger partial charge in [-0.05, 0) is 17.7 Å². The molecule has 1 aromatic carbocycles. The number of benzene rings is 1. The molecule has 0 aliphatic rings. The fraction of sp³-hybridized carbons (Fsp3) is 0.0952. The number of nitrogens with two attached hydrogens (primary N) is 1. The lowest BCUT2D eigenvalue weighted by Crippen LogP contribution is -2.21. The molecule has 0 unspecified atom stereocenters. The zero-order valence-corrected chi connectivity index (χ0v) is 18.4. The number of carbonyl (C=O) groups is 2. The van der Waals surface area contributed by atoms with E-state index in [2.05, 4.69) is 9.97 Å². The second-order valence-corrected chi connectivity index (χ2v) is 7.80. The van der Waals surface area contributed by atoms with Crippen molar-refractivity contribution in [2.75, 3.05) is 5.32 Å². The molecule has 0 aliphatic carbocycles. The first-order valence-corrected chi connectivity index (χ1v) is 10.0. The van der Waals surface area contributed by atoms with Gasteiger partial charge in [-0.2, -0.15) is 18.2 Å². The minimum atomic E-state index is -1.73. The van der Waals surface area contributed by atoms with Crippen molar-refractivity contribution < 1.29 is 27.9 Å². The Bertz CT molecular complexity index is 1600. The largest absolute Gasteiger partial charge is 0.506 e. The van der Waals surface area contributed by atoms with Gasteiger partial charge in [0.05, 0.1) is 28.0 Å². The van der Waals surface area contributed by atoms with Gasteiger partial charge in [0, 0.05) is 24.9 Å². The fourth-order valence-electron chi connectivity index (χ4n) is 3.45. The molecule has 10 nitrogen and oxygen atoms in total. The van der Waals surface area contributed by atoms with Gasteiger partial charge in [0.15, 0.2) is 0 Å². The number of hydrogen-bond acceptors (Lipinski definition) is 6. The Morgan fingerprint density at radius 3 is 2.63 bits per heavy atom. The number of nitrogens with one attached hydrogen (secondary N) is 1. The predicted molar refractivity (Wildman–Crippen MR) is 118 cm³/mol. The van der Waals surface area contributed by atoms with Crippen molar-refractivity contribution in [3.05, 3.63) is 69.4 Å². The first kappa shape index (κ1) is 23.8. The topological polar surface area (TPSA) is 145 Å². The van der Waals surface area contributed by atoms with E-state index < -0.39 is 53.1 Å². The maximum absolute atomic E-state index is 13.9. The zero-order chi connectivity index (χ0) is 25.6. The van der Waals surface area contributed by atoms with Crippen LogP contribution in [-0.4, -0.2) is 36.0 Å². The summed E-state index contributed by atoms with van der Waals surface area (Å²) >= 11 is 6.03. The lowest BCUT2D eigenvalue weighted by atomic mass is 10.0. The molecule has 0 atom stereocenters. The van der Waals surface area contributed by atoms with Gasteiger partial charge in [-0.3, -0.25) is 14.4 Å². The SMILES string of the molecule is Cn1cnc2c(c(-c3cc(Cl)c(O)c(C(N)=O)c3)cn2CC(=O)Nc2cc(F)nc(F)c2F)c1=O. The highest BCUT2D eigenvalue weighted by Crippen LogP contribution is 2.36. The van der Waals surface area contributed by atoms with E-state index in [1.54, 1.807) is 0 Å². The first-order chi connectivity index (χ1) is 16.5. The number of primary amides is 1. The van der Waals surface area contributed by atoms with E-state index >= 15 is 0 Å². The Balaban J connectivity index is 1.82. The van der Waals surface area contributed by atoms with E-state index in [0.717, 1.165) is 0 Å². The van der Waals surface area contributed by atoms with Gasteiger partial charge in [0.25, 0.3) is 17.4 Å². The number of halogens is 4. The number of hydrogen-bond donors (Lipinski definition) is 3. The van der Waals surface area contributed by atoms with E-state index in [-0.39, 0.29) is 32.7 Å². The Labute approximate surface area is 198 Å². The van der Waals surface area contributed by atoms with Gasteiger partial charge in [-0.25, -0.2) is 4.98 Å². The molecule has 35 heavy (non-hydrogen) atoms. The number of rotatable bonds is 5. The fourth-order valence-corrected chi connectivity index (χ4v) is 3.67. The van der Waals surface area contributed by atoms with Crippen LogP contribution < -0.4 is 16.6 Å². The summed E-state index contributed by atoms with van der Waals surface area (Å²) in [6, 6.07) is 3.01. The minimum Gasteiger partial charge on any atom is -0.506 e. The maximum atomic E-state index is 13.9. The average molecular weight is 507 g/mol. The van der Waals surface area contributed by atoms with Crippen molar-refractivity contribution in [2.45, 2.75) is 6.54 Å². The number of carbonyl (C=O) groups excluding carboxylic acids is 2. The molecule has 0 radical (unpaired) electrons. The van der Waals surface area contributed by atoms with Crippen LogP contribution in [0.1, 0.15) is 10.4 Å². The molecule has 0 saturated heterocycles. The van der Waals surface area contributed by atoms with E-state index in [1.807, 2.05) is 5.32 Å². The molecule has 0 saturated carbocycles. The number of phenols is 1. The van der Waals surface area contributed by atoms with E-state index in [0.29, 0.717) is 6.07 Å². The van der Waals surface area contributed by atoms with Crippen LogP contribution in [0.2, 0.25) is 5.02 Å². The van der Waals surface area contributed by atoms with Gasteiger partial charge >= 0.3 is 0 Å². The summed E-state index contributed by atoms with van der Waals surface area (Å²) in [5.74, 6) is -7.04. The Morgan fingerprint density at radius 2 is 1.94 bits per heavy atom. The second-order valence-electron chi connectivity index (χ2n) is 7.39. The van der Waals surface area contributed by atoms with Crippen molar-refractivity contribution in [1.82, 2.24) is 19.1 Å². The van der Waals surface area contributed by atoms with Gasteiger partial charge < -0.3 is 25.3 Å². The second kappa shape index (κ2) is 8.76. The molecule has 0 bridgehead atoms. The van der Waals surface area contributed by atoms with Crippen LogP contribution in [0.5, 0.6) is 5.75 Å². The monoisotopic (exact) mass is 506 g/mol. The molecule has 3 aromatic heterocycles. The number of pyridine rings is 1. The molecule has 0 fully saturated rings. The zero-order valence-electron chi connectivity index (χ0n) is 17.6. The van der Waals surface area contributed by atoms with Crippen LogP contribution in [0.4, 0.5) is 18.9 Å². The van der Waals surface area contributed by atoms with Gasteiger partial charge in [-0.1, -0.05) is 11.6 Å². The lowest BCUT2D eigenvalue weighted by molar-refractivity contribution is -0.116. The molecule has 4 N–H and O–H groups in total. The Kier molecular flexibility index (Phi) is 5.94. The highest BCUT2D eigenvalue weighted by Gasteiger charge is 2.22. The summed E-state index contributed by atoms with van der Waals surface area (Å²) in [6.07, 6.45) is 2.55. The van der Waals surface area contributed by atoms with E-state index in [1.165, 1.54) is 40.8 Å². The molecule has 0 spiro atoms. The lowest BCUT2D eigenvalue weighted by Gasteiger charge is -2.08. The summed E-state index contributed by atoms with van der Waals surface area (Å²) in [6.45, 7) is -0.545. The van der Waals surface area contributed by atoms with Crippen molar-refractivity contribution in [1.29, 1.82) is 0 Å².